The van der Waals surface area contributed by atoms with E-state index in [2.05, 4.69) is 52.8 Å². The SMILES string of the molecule is CC(C)c1cc2c(c(C(C)(C)C)n1)OCC=C2. The van der Waals surface area contributed by atoms with E-state index in [1.165, 1.54) is 5.56 Å². The Morgan fingerprint density at radius 2 is 2.00 bits per heavy atom. The molecule has 0 fully saturated rings. The van der Waals surface area contributed by atoms with Gasteiger partial charge in [-0.3, -0.25) is 4.98 Å². The van der Waals surface area contributed by atoms with Crippen LogP contribution >= 0.6 is 0 Å². The zero-order valence-corrected chi connectivity index (χ0v) is 11.4. The number of pyridine rings is 1. The Morgan fingerprint density at radius 3 is 2.59 bits per heavy atom. The molecule has 0 aliphatic carbocycles. The quantitative estimate of drug-likeness (QED) is 0.731. The number of ether oxygens (including phenoxy) is 1. The van der Waals surface area contributed by atoms with Crippen molar-refractivity contribution in [3.8, 4) is 5.75 Å². The van der Waals surface area contributed by atoms with Crippen LogP contribution in [0.25, 0.3) is 6.08 Å². The van der Waals surface area contributed by atoms with E-state index in [4.69, 9.17) is 9.72 Å². The first-order valence-corrected chi connectivity index (χ1v) is 6.24. The van der Waals surface area contributed by atoms with Gasteiger partial charge in [0.1, 0.15) is 12.4 Å². The minimum absolute atomic E-state index is 0.0141. The predicted molar refractivity (Wildman–Crippen MR) is 71.6 cm³/mol. The fraction of sp³-hybridized carbons (Fsp3) is 0.533. The minimum atomic E-state index is 0.0141. The number of hydrogen-bond acceptors (Lipinski definition) is 2. The van der Waals surface area contributed by atoms with Crippen LogP contribution in [0.3, 0.4) is 0 Å². The van der Waals surface area contributed by atoms with E-state index in [1.807, 2.05) is 0 Å². The molecular formula is C15H21NO. The van der Waals surface area contributed by atoms with Gasteiger partial charge in [0.2, 0.25) is 0 Å². The van der Waals surface area contributed by atoms with E-state index >= 15 is 0 Å². The molecule has 0 saturated carbocycles. The maximum Gasteiger partial charge on any atom is 0.149 e. The van der Waals surface area contributed by atoms with Gasteiger partial charge >= 0.3 is 0 Å². The third-order valence-electron chi connectivity index (χ3n) is 2.94. The van der Waals surface area contributed by atoms with Crippen molar-refractivity contribution in [3.05, 3.63) is 29.1 Å². The van der Waals surface area contributed by atoms with Crippen molar-refractivity contribution in [2.45, 2.75) is 46.0 Å². The first kappa shape index (κ1) is 12.2. The lowest BCUT2D eigenvalue weighted by atomic mass is 9.88. The Balaban J connectivity index is 2.64. The molecule has 0 amide bonds. The fourth-order valence-electron chi connectivity index (χ4n) is 1.96. The third-order valence-corrected chi connectivity index (χ3v) is 2.94. The Morgan fingerprint density at radius 1 is 1.29 bits per heavy atom. The Hall–Kier alpha value is -1.31. The molecule has 2 rings (SSSR count). The second-order valence-corrected chi connectivity index (χ2v) is 5.93. The first-order valence-electron chi connectivity index (χ1n) is 6.24. The number of fused-ring (bicyclic) bond motifs is 1. The summed E-state index contributed by atoms with van der Waals surface area (Å²) in [5, 5.41) is 0. The molecule has 0 unspecified atom stereocenters. The van der Waals surface area contributed by atoms with Crippen LogP contribution < -0.4 is 4.74 Å². The summed E-state index contributed by atoms with van der Waals surface area (Å²) >= 11 is 0. The molecular weight excluding hydrogens is 210 g/mol. The van der Waals surface area contributed by atoms with Crippen LogP contribution in [0.4, 0.5) is 0 Å². The summed E-state index contributed by atoms with van der Waals surface area (Å²) in [5.74, 6) is 1.40. The first-order chi connectivity index (χ1) is 7.89. The van der Waals surface area contributed by atoms with Crippen molar-refractivity contribution >= 4 is 6.08 Å². The van der Waals surface area contributed by atoms with Crippen molar-refractivity contribution in [3.63, 3.8) is 0 Å². The number of nitrogens with zero attached hydrogens (tertiary/aromatic N) is 1. The highest BCUT2D eigenvalue weighted by Crippen LogP contribution is 2.36. The van der Waals surface area contributed by atoms with Crippen LogP contribution in [0.1, 0.15) is 57.5 Å². The lowest BCUT2D eigenvalue weighted by Crippen LogP contribution is -2.19. The molecule has 0 N–H and O–H groups in total. The van der Waals surface area contributed by atoms with Crippen molar-refractivity contribution in [2.24, 2.45) is 0 Å². The largest absolute Gasteiger partial charge is 0.487 e. The zero-order valence-electron chi connectivity index (χ0n) is 11.4. The van der Waals surface area contributed by atoms with Crippen molar-refractivity contribution in [1.82, 2.24) is 4.98 Å². The summed E-state index contributed by atoms with van der Waals surface area (Å²) in [5.41, 5.74) is 3.40. The van der Waals surface area contributed by atoms with Crippen LogP contribution in [-0.2, 0) is 5.41 Å². The van der Waals surface area contributed by atoms with Gasteiger partial charge in [-0.15, -0.1) is 0 Å². The summed E-state index contributed by atoms with van der Waals surface area (Å²) in [4.78, 5) is 4.80. The maximum atomic E-state index is 5.77. The van der Waals surface area contributed by atoms with E-state index in [0.717, 1.165) is 17.1 Å². The Bertz CT molecular complexity index is 453. The van der Waals surface area contributed by atoms with Crippen LogP contribution in [0.15, 0.2) is 12.1 Å². The molecule has 1 aromatic heterocycles. The Kier molecular flexibility index (Phi) is 2.98. The van der Waals surface area contributed by atoms with Gasteiger partial charge in [0.15, 0.2) is 0 Å². The highest BCUT2D eigenvalue weighted by molar-refractivity contribution is 5.62. The molecule has 92 valence electrons. The fourth-order valence-corrected chi connectivity index (χ4v) is 1.96. The molecule has 0 saturated heterocycles. The topological polar surface area (TPSA) is 22.1 Å². The van der Waals surface area contributed by atoms with Gasteiger partial charge in [0.05, 0.1) is 5.69 Å². The van der Waals surface area contributed by atoms with Gasteiger partial charge in [-0.05, 0) is 18.1 Å². The molecule has 2 heterocycles. The summed E-state index contributed by atoms with van der Waals surface area (Å²) in [6, 6.07) is 2.14. The summed E-state index contributed by atoms with van der Waals surface area (Å²) in [6.07, 6.45) is 4.19. The smallest absolute Gasteiger partial charge is 0.149 e. The number of hydrogen-bond donors (Lipinski definition) is 0. The Labute approximate surface area is 104 Å². The van der Waals surface area contributed by atoms with Crippen LogP contribution in [0, 0.1) is 0 Å². The van der Waals surface area contributed by atoms with E-state index in [1.54, 1.807) is 0 Å². The molecule has 0 bridgehead atoms. The van der Waals surface area contributed by atoms with E-state index < -0.39 is 0 Å². The number of rotatable bonds is 1. The monoisotopic (exact) mass is 231 g/mol. The highest BCUT2D eigenvalue weighted by atomic mass is 16.5. The molecule has 2 heteroatoms. The summed E-state index contributed by atoms with van der Waals surface area (Å²) < 4.78 is 5.77. The predicted octanol–water partition coefficient (Wildman–Crippen LogP) is 3.91. The van der Waals surface area contributed by atoms with Crippen molar-refractivity contribution in [1.29, 1.82) is 0 Å². The zero-order chi connectivity index (χ0) is 12.6. The van der Waals surface area contributed by atoms with Crippen molar-refractivity contribution in [2.75, 3.05) is 6.61 Å². The van der Waals surface area contributed by atoms with E-state index in [9.17, 15) is 0 Å². The minimum Gasteiger partial charge on any atom is -0.487 e. The second kappa shape index (κ2) is 4.17. The molecule has 1 aliphatic rings. The summed E-state index contributed by atoms with van der Waals surface area (Å²) in [6.45, 7) is 11.5. The molecule has 1 aliphatic heterocycles. The van der Waals surface area contributed by atoms with Crippen molar-refractivity contribution < 1.29 is 4.74 Å². The van der Waals surface area contributed by atoms with Gasteiger partial charge in [-0.25, -0.2) is 0 Å². The maximum absolute atomic E-state index is 5.77. The molecule has 2 nitrogen and oxygen atoms in total. The van der Waals surface area contributed by atoms with Gasteiger partial charge < -0.3 is 4.74 Å². The molecule has 0 radical (unpaired) electrons. The molecule has 0 atom stereocenters. The van der Waals surface area contributed by atoms with Crippen LogP contribution in [0.5, 0.6) is 5.75 Å². The van der Waals surface area contributed by atoms with Crippen LogP contribution in [0.2, 0.25) is 0 Å². The van der Waals surface area contributed by atoms with Gasteiger partial charge in [-0.2, -0.15) is 0 Å². The molecule has 1 aromatic rings. The molecule has 0 aromatic carbocycles. The highest BCUT2D eigenvalue weighted by Gasteiger charge is 2.25. The van der Waals surface area contributed by atoms with Crippen LogP contribution in [-0.4, -0.2) is 11.6 Å². The van der Waals surface area contributed by atoms with Gasteiger partial charge in [0.25, 0.3) is 0 Å². The van der Waals surface area contributed by atoms with E-state index in [0.29, 0.717) is 12.5 Å². The lowest BCUT2D eigenvalue weighted by molar-refractivity contribution is 0.342. The molecule has 0 spiro atoms. The average molecular weight is 231 g/mol. The number of aromatic nitrogens is 1. The van der Waals surface area contributed by atoms with Gasteiger partial charge in [0, 0.05) is 16.7 Å². The van der Waals surface area contributed by atoms with E-state index in [-0.39, 0.29) is 5.41 Å². The molecule has 17 heavy (non-hydrogen) atoms. The third kappa shape index (κ3) is 2.36. The second-order valence-electron chi connectivity index (χ2n) is 5.93. The normalized spacial score (nSPS) is 14.7. The average Bonchev–Trinajstić information content (AvgIpc) is 2.26. The van der Waals surface area contributed by atoms with Gasteiger partial charge in [-0.1, -0.05) is 40.7 Å². The lowest BCUT2D eigenvalue weighted by Gasteiger charge is -2.26. The standard InChI is InChI=1S/C15H21NO/c1-10(2)12-9-11-7-6-8-17-13(11)14(16-12)15(3,4)5/h6-7,9-10H,8H2,1-5H3. The summed E-state index contributed by atoms with van der Waals surface area (Å²) in [7, 11) is 0.